The van der Waals surface area contributed by atoms with Crippen LogP contribution >= 0.6 is 22.9 Å². The van der Waals surface area contributed by atoms with E-state index in [9.17, 15) is 19.1 Å². The van der Waals surface area contributed by atoms with Crippen LogP contribution in [0.4, 0.5) is 4.39 Å². The number of halogens is 2. The quantitative estimate of drug-likeness (QED) is 0.647. The van der Waals surface area contributed by atoms with Crippen LogP contribution in [0.1, 0.15) is 27.9 Å². The normalized spacial score (nSPS) is 20.1. The fourth-order valence-corrected chi connectivity index (χ4v) is 5.15. The molecule has 3 aromatic rings. The number of ether oxygens (including phenoxy) is 1. The third-order valence-electron chi connectivity index (χ3n) is 5.54. The molecule has 7 nitrogen and oxygen atoms in total. The second kappa shape index (κ2) is 7.44. The summed E-state index contributed by atoms with van der Waals surface area (Å²) in [6, 6.07) is 4.66. The van der Waals surface area contributed by atoms with Gasteiger partial charge in [0, 0.05) is 23.7 Å². The number of rotatable bonds is 3. The van der Waals surface area contributed by atoms with Crippen LogP contribution in [-0.4, -0.2) is 44.3 Å². The first-order valence-corrected chi connectivity index (χ1v) is 10.8. The summed E-state index contributed by atoms with van der Waals surface area (Å²) in [5, 5.41) is 11.0. The third-order valence-corrected chi connectivity index (χ3v) is 6.86. The van der Waals surface area contributed by atoms with Gasteiger partial charge in [-0.1, -0.05) is 23.7 Å². The Hall–Kier alpha value is -2.75. The fraction of sp³-hybridized carbons (Fsp3) is 0.286. The number of aromatic hydroxyl groups is 1. The highest BCUT2D eigenvalue weighted by molar-refractivity contribution is 7.15. The van der Waals surface area contributed by atoms with Crippen molar-refractivity contribution in [2.45, 2.75) is 32.2 Å². The predicted molar refractivity (Wildman–Crippen MR) is 113 cm³/mol. The van der Waals surface area contributed by atoms with Gasteiger partial charge in [0.2, 0.25) is 5.43 Å². The molecule has 5 rings (SSSR count). The van der Waals surface area contributed by atoms with Gasteiger partial charge < -0.3 is 19.3 Å². The number of amides is 1. The summed E-state index contributed by atoms with van der Waals surface area (Å²) in [5.74, 6) is -1.52. The van der Waals surface area contributed by atoms with Crippen molar-refractivity contribution in [1.82, 2.24) is 14.5 Å². The summed E-state index contributed by atoms with van der Waals surface area (Å²) in [6.45, 7) is 2.56. The highest BCUT2D eigenvalue weighted by Crippen LogP contribution is 2.33. The summed E-state index contributed by atoms with van der Waals surface area (Å²) in [6.07, 6.45) is 2.92. The van der Waals surface area contributed by atoms with Crippen molar-refractivity contribution in [3.05, 3.63) is 67.8 Å². The monoisotopic (exact) mass is 461 g/mol. The van der Waals surface area contributed by atoms with Gasteiger partial charge in [0.05, 0.1) is 29.8 Å². The molecule has 0 spiro atoms. The van der Waals surface area contributed by atoms with Crippen LogP contribution in [0, 0.1) is 5.82 Å². The maximum absolute atomic E-state index is 14.2. The number of hydrogen-bond acceptors (Lipinski definition) is 6. The minimum Gasteiger partial charge on any atom is -0.503 e. The summed E-state index contributed by atoms with van der Waals surface area (Å²) in [5.41, 5.74) is -0.108. The van der Waals surface area contributed by atoms with Gasteiger partial charge in [0.15, 0.2) is 17.7 Å². The highest BCUT2D eigenvalue weighted by atomic mass is 35.5. The Bertz CT molecular complexity index is 1270. The van der Waals surface area contributed by atoms with Gasteiger partial charge in [-0.3, -0.25) is 9.59 Å². The molecule has 0 unspecified atom stereocenters. The largest absolute Gasteiger partial charge is 0.503 e. The van der Waals surface area contributed by atoms with Gasteiger partial charge >= 0.3 is 0 Å². The molecular weight excluding hydrogens is 445 g/mol. The molecule has 1 fully saturated rings. The van der Waals surface area contributed by atoms with E-state index in [0.29, 0.717) is 23.7 Å². The number of hydrogen-bond donors (Lipinski definition) is 1. The summed E-state index contributed by atoms with van der Waals surface area (Å²) < 4.78 is 21.4. The topological polar surface area (TPSA) is 84.7 Å². The molecule has 0 saturated carbocycles. The number of benzene rings is 1. The zero-order valence-electron chi connectivity index (χ0n) is 16.3. The van der Waals surface area contributed by atoms with Crippen LogP contribution in [0.5, 0.6) is 5.75 Å². The molecule has 1 N–H and O–H groups in total. The lowest BCUT2D eigenvalue weighted by atomic mass is 10.1. The maximum atomic E-state index is 14.2. The molecule has 0 bridgehead atoms. The molecule has 4 heterocycles. The van der Waals surface area contributed by atoms with Crippen molar-refractivity contribution in [3.8, 4) is 16.3 Å². The Morgan fingerprint density at radius 2 is 2.19 bits per heavy atom. The predicted octanol–water partition coefficient (Wildman–Crippen LogP) is 3.26. The molecule has 31 heavy (non-hydrogen) atoms. The van der Waals surface area contributed by atoms with Crippen molar-refractivity contribution in [2.75, 3.05) is 6.61 Å². The fourth-order valence-electron chi connectivity index (χ4n) is 4.01. The number of nitrogens with zero attached hydrogens (tertiary/aromatic N) is 3. The van der Waals surface area contributed by atoms with E-state index < -0.39 is 29.1 Å². The van der Waals surface area contributed by atoms with Gasteiger partial charge in [0.25, 0.3) is 5.91 Å². The second-order valence-corrected chi connectivity index (χ2v) is 9.11. The molecule has 2 aliphatic rings. The molecule has 1 aromatic carbocycles. The van der Waals surface area contributed by atoms with E-state index in [2.05, 4.69) is 4.98 Å². The number of aromatic nitrogens is 2. The van der Waals surface area contributed by atoms with E-state index in [0.717, 1.165) is 4.88 Å². The molecule has 1 amide bonds. The maximum Gasteiger partial charge on any atom is 0.276 e. The Labute approximate surface area is 185 Å². The second-order valence-electron chi connectivity index (χ2n) is 7.59. The van der Waals surface area contributed by atoms with Crippen molar-refractivity contribution in [3.63, 3.8) is 0 Å². The Morgan fingerprint density at radius 1 is 1.39 bits per heavy atom. The Balaban J connectivity index is 1.51. The average Bonchev–Trinajstić information content (AvgIpc) is 3.35. The summed E-state index contributed by atoms with van der Waals surface area (Å²) in [4.78, 5) is 32.3. The van der Waals surface area contributed by atoms with E-state index in [1.165, 1.54) is 23.6 Å². The minimum atomic E-state index is -0.666. The number of thiazole rings is 1. The van der Waals surface area contributed by atoms with Crippen LogP contribution in [0.2, 0.25) is 5.02 Å². The lowest BCUT2D eigenvalue weighted by molar-refractivity contribution is 0.00638. The van der Waals surface area contributed by atoms with E-state index >= 15 is 0 Å². The summed E-state index contributed by atoms with van der Waals surface area (Å²) >= 11 is 7.06. The van der Waals surface area contributed by atoms with Gasteiger partial charge in [-0.15, -0.1) is 11.3 Å². The van der Waals surface area contributed by atoms with Crippen LogP contribution < -0.4 is 5.43 Å². The molecule has 1 saturated heterocycles. The first kappa shape index (κ1) is 20.2. The van der Waals surface area contributed by atoms with Crippen LogP contribution in [0.25, 0.3) is 10.6 Å². The highest BCUT2D eigenvalue weighted by Gasteiger charge is 2.42. The minimum absolute atomic E-state index is 0.0415. The first-order valence-electron chi connectivity index (χ1n) is 9.63. The SMILES string of the molecule is C[C@H]1CO[C@@H]2Cn3cc(-c4ncc(Cc5cccc(Cl)c5F)s4)c(=O)c(O)c3C(=O)N12. The Kier molecular flexibility index (Phi) is 4.84. The van der Waals surface area contributed by atoms with Gasteiger partial charge in [0.1, 0.15) is 10.8 Å². The van der Waals surface area contributed by atoms with Crippen molar-refractivity contribution < 1.29 is 19.0 Å². The van der Waals surface area contributed by atoms with Crippen molar-refractivity contribution >= 4 is 28.8 Å². The van der Waals surface area contributed by atoms with Gasteiger partial charge in [-0.2, -0.15) is 0 Å². The first-order chi connectivity index (χ1) is 14.8. The smallest absolute Gasteiger partial charge is 0.276 e. The lowest BCUT2D eigenvalue weighted by Crippen LogP contribution is -2.48. The molecule has 2 aliphatic heterocycles. The molecule has 0 aliphatic carbocycles. The van der Waals surface area contributed by atoms with Gasteiger partial charge in [-0.05, 0) is 18.6 Å². The zero-order chi connectivity index (χ0) is 21.9. The molecular formula is C21H17ClFN3O4S. The zero-order valence-corrected chi connectivity index (χ0v) is 17.9. The third kappa shape index (κ3) is 3.24. The molecule has 10 heteroatoms. The number of fused-ring (bicyclic) bond motifs is 2. The van der Waals surface area contributed by atoms with E-state index in [1.54, 1.807) is 27.8 Å². The van der Waals surface area contributed by atoms with E-state index in [1.807, 2.05) is 6.92 Å². The van der Waals surface area contributed by atoms with Crippen LogP contribution in [-0.2, 0) is 17.7 Å². The van der Waals surface area contributed by atoms with E-state index in [4.69, 9.17) is 16.3 Å². The lowest BCUT2D eigenvalue weighted by Gasteiger charge is -2.33. The van der Waals surface area contributed by atoms with Crippen molar-refractivity contribution in [1.29, 1.82) is 0 Å². The molecule has 2 atom stereocenters. The number of pyridine rings is 1. The van der Waals surface area contributed by atoms with Gasteiger partial charge in [-0.25, -0.2) is 9.37 Å². The molecule has 160 valence electrons. The standard InChI is InChI=1S/C21H17ClFN3O4S/c1-10-9-30-15-8-25-7-13(18(27)19(28)17(25)21(29)26(10)15)20-24-6-12(31-20)5-11-3-2-4-14(22)16(11)23/h2-4,6-7,10,15,28H,5,8-9H2,1H3/t10-,15+/m0/s1. The van der Waals surface area contributed by atoms with Crippen LogP contribution in [0.3, 0.4) is 0 Å². The average molecular weight is 462 g/mol. The molecule has 2 aromatic heterocycles. The summed E-state index contributed by atoms with van der Waals surface area (Å²) in [7, 11) is 0. The van der Waals surface area contributed by atoms with Crippen LogP contribution in [0.15, 0.2) is 35.4 Å². The van der Waals surface area contributed by atoms with E-state index in [-0.39, 0.29) is 28.7 Å². The Morgan fingerprint density at radius 3 is 3.00 bits per heavy atom. The van der Waals surface area contributed by atoms with Crippen molar-refractivity contribution in [2.24, 2.45) is 0 Å². The number of carbonyl (C=O) groups excluding carboxylic acids is 1. The number of carbonyl (C=O) groups is 1. The molecule has 0 radical (unpaired) electrons.